The van der Waals surface area contributed by atoms with Crippen LogP contribution in [0, 0.1) is 0 Å². The largest absolute Gasteiger partial charge is 0.204 e. The van der Waals surface area contributed by atoms with E-state index in [1.807, 2.05) is 54.6 Å². The molecular formula is C20H18BClFP. The van der Waals surface area contributed by atoms with E-state index in [0.29, 0.717) is 5.02 Å². The molecule has 0 heterocycles. The highest BCUT2D eigenvalue weighted by Gasteiger charge is 2.35. The zero-order valence-electron chi connectivity index (χ0n) is 12.4. The molecule has 0 aliphatic carbocycles. The van der Waals surface area contributed by atoms with Crippen LogP contribution in [0.25, 0.3) is 6.08 Å². The predicted octanol–water partition coefficient (Wildman–Crippen LogP) is 4.56. The lowest BCUT2D eigenvalue weighted by molar-refractivity contribution is 0.702. The molecule has 0 unspecified atom stereocenters. The first kappa shape index (κ1) is 17.0. The molecule has 0 amide bonds. The Hall–Kier alpha value is -1.89. The Labute approximate surface area is 148 Å². The zero-order valence-corrected chi connectivity index (χ0v) is 14.0. The number of halogens is 2. The number of benzene rings is 3. The van der Waals surface area contributed by atoms with Crippen molar-refractivity contribution in [2.45, 2.75) is 0 Å². The molecule has 0 saturated carbocycles. The van der Waals surface area contributed by atoms with Crippen LogP contribution in [-0.4, -0.2) is 7.57 Å². The molecule has 0 saturated heterocycles. The Morgan fingerprint density at radius 1 is 0.833 bits per heavy atom. The Kier molecular flexibility index (Phi) is 5.19. The van der Waals surface area contributed by atoms with Crippen LogP contribution in [0.15, 0.2) is 90.5 Å². The van der Waals surface area contributed by atoms with Crippen molar-refractivity contribution in [3.63, 3.8) is 0 Å². The summed E-state index contributed by atoms with van der Waals surface area (Å²) in [5, 5.41) is 2.89. The van der Waals surface area contributed by atoms with E-state index in [1.54, 1.807) is 12.1 Å². The van der Waals surface area contributed by atoms with Crippen LogP contribution in [-0.2, 0) is 0 Å². The second-order valence-electron chi connectivity index (χ2n) is 5.03. The molecule has 0 atom stereocenters. The predicted molar refractivity (Wildman–Crippen MR) is 110 cm³/mol. The van der Waals surface area contributed by atoms with Crippen molar-refractivity contribution >= 4 is 43.0 Å². The molecule has 0 spiro atoms. The maximum Gasteiger partial charge on any atom is 0.204 e. The number of hydrogen-bond donors (Lipinski definition) is 0. The lowest BCUT2D eigenvalue weighted by Crippen LogP contribution is -2.22. The monoisotopic (exact) mass is 354 g/mol. The molecule has 4 heteroatoms. The molecule has 0 N–H and O–H groups in total. The molecule has 0 aromatic heterocycles. The lowest BCUT2D eigenvalue weighted by Gasteiger charge is -2.27. The average Bonchev–Trinajstić information content (AvgIpc) is 2.62. The van der Waals surface area contributed by atoms with Crippen LogP contribution < -0.4 is 10.6 Å². The Bertz CT molecular complexity index is 810. The first-order valence-electron chi connectivity index (χ1n) is 7.27. The Morgan fingerprint density at radius 2 is 1.38 bits per heavy atom. The quantitative estimate of drug-likeness (QED) is 0.476. The fraction of sp³-hybridized carbons (Fsp3) is 0. The summed E-state index contributed by atoms with van der Waals surface area (Å²) in [6.45, 7) is 0. The van der Waals surface area contributed by atoms with Crippen molar-refractivity contribution in [2.24, 2.45) is 0 Å². The average molecular weight is 355 g/mol. The van der Waals surface area contributed by atoms with Crippen molar-refractivity contribution in [3.8, 4) is 0 Å². The topological polar surface area (TPSA) is 0 Å². The minimum absolute atomic E-state index is 0.00201. The normalized spacial score (nSPS) is 12.2. The van der Waals surface area contributed by atoms with Crippen molar-refractivity contribution < 1.29 is 4.39 Å². The highest BCUT2D eigenvalue weighted by Crippen LogP contribution is 2.60. The first-order valence-corrected chi connectivity index (χ1v) is 8.99. The van der Waals surface area contributed by atoms with E-state index in [4.69, 9.17) is 11.6 Å². The zero-order chi connectivity index (χ0) is 17.0. The van der Waals surface area contributed by atoms with Gasteiger partial charge < -0.3 is 0 Å². The number of rotatable bonds is 4. The third-order valence-electron chi connectivity index (χ3n) is 3.38. The highest BCUT2D eigenvalue weighted by molar-refractivity contribution is 8.11. The van der Waals surface area contributed by atoms with E-state index >= 15 is 4.39 Å². The van der Waals surface area contributed by atoms with Crippen molar-refractivity contribution in [1.29, 1.82) is 0 Å². The van der Waals surface area contributed by atoms with E-state index in [-0.39, 0.29) is 13.1 Å². The summed E-state index contributed by atoms with van der Waals surface area (Å²) in [6.07, 6.45) is 1.67. The van der Waals surface area contributed by atoms with Gasteiger partial charge >= 0.3 is 0 Å². The fourth-order valence-corrected chi connectivity index (χ4v) is 4.56. The fourth-order valence-electron chi connectivity index (χ4n) is 2.35. The van der Waals surface area contributed by atoms with Crippen molar-refractivity contribution in [3.05, 3.63) is 101 Å². The molecule has 0 fully saturated rings. The first-order chi connectivity index (χ1) is 11.6. The third kappa shape index (κ3) is 3.46. The van der Waals surface area contributed by atoms with Gasteiger partial charge in [0.15, 0.2) is 0 Å². The van der Waals surface area contributed by atoms with Gasteiger partial charge in [0.2, 0.25) is 5.57 Å². The van der Waals surface area contributed by atoms with Gasteiger partial charge in [0, 0.05) is 11.1 Å². The van der Waals surface area contributed by atoms with Gasteiger partial charge in [0.1, 0.15) is 7.57 Å². The highest BCUT2D eigenvalue weighted by atomic mass is 35.5. The van der Waals surface area contributed by atoms with E-state index in [9.17, 15) is 0 Å². The second kappa shape index (κ2) is 7.34. The minimum Gasteiger partial charge on any atom is -0.169 e. The Morgan fingerprint density at radius 3 is 1.88 bits per heavy atom. The molecule has 3 rings (SSSR count). The summed E-state index contributed by atoms with van der Waals surface area (Å²) in [6, 6.07) is 27.6. The van der Waals surface area contributed by atoms with Crippen LogP contribution in [0.3, 0.4) is 0 Å². The molecule has 24 heavy (non-hydrogen) atoms. The van der Waals surface area contributed by atoms with Crippen LogP contribution in [0.4, 0.5) is 4.39 Å². The minimum atomic E-state index is -2.04. The summed E-state index contributed by atoms with van der Waals surface area (Å²) >= 11 is 6.05. The van der Waals surface area contributed by atoms with Gasteiger partial charge in [0.25, 0.3) is 0 Å². The van der Waals surface area contributed by atoms with Gasteiger partial charge in [-0.05, 0) is 49.1 Å². The van der Waals surface area contributed by atoms with Gasteiger partial charge in [-0.15, -0.1) is 0 Å². The SMILES string of the molecule is [BH3-][P+](/C(F)=C/c1cccc(Cl)c1)(c1ccccc1)c1ccccc1. The molecule has 0 nitrogen and oxygen atoms in total. The summed E-state index contributed by atoms with van der Waals surface area (Å²) in [4.78, 5) is 0. The summed E-state index contributed by atoms with van der Waals surface area (Å²) in [7, 11) is -2.36. The van der Waals surface area contributed by atoms with Crippen molar-refractivity contribution in [1.82, 2.24) is 0 Å². The summed E-state index contributed by atoms with van der Waals surface area (Å²) in [5.74, 6) is 0. The van der Waals surface area contributed by atoms with Crippen molar-refractivity contribution in [2.75, 3.05) is 0 Å². The molecule has 120 valence electrons. The van der Waals surface area contributed by atoms with Crippen LogP contribution >= 0.6 is 18.7 Å². The van der Waals surface area contributed by atoms with Gasteiger partial charge in [-0.1, -0.05) is 60.1 Å². The lowest BCUT2D eigenvalue weighted by atomic mass is 10.2. The second-order valence-corrected chi connectivity index (χ2v) is 7.60. The number of hydrogen-bond acceptors (Lipinski definition) is 0. The molecule has 0 bridgehead atoms. The van der Waals surface area contributed by atoms with Crippen LogP contribution in [0.1, 0.15) is 5.56 Å². The third-order valence-corrected chi connectivity index (χ3v) is 5.80. The summed E-state index contributed by atoms with van der Waals surface area (Å²) in [5.41, 5.74) is 0.818. The standard InChI is InChI=1S/C20H18BClFP/c21-24(18-10-3-1-4-11-18,19-12-5-2-6-13-19)20(23)15-16-8-7-9-17(22)14-16/h1-15H,21H3/b20-15+. The van der Waals surface area contributed by atoms with Gasteiger partial charge in [-0.25, -0.2) is 0 Å². The van der Waals surface area contributed by atoms with E-state index in [0.717, 1.165) is 16.2 Å². The molecule has 0 aliphatic rings. The van der Waals surface area contributed by atoms with Crippen LogP contribution in [0.2, 0.25) is 5.02 Å². The molecule has 0 aliphatic heterocycles. The van der Waals surface area contributed by atoms with E-state index in [1.165, 1.54) is 0 Å². The van der Waals surface area contributed by atoms with Gasteiger partial charge in [-0.3, -0.25) is 0 Å². The molecule has 0 radical (unpaired) electrons. The maximum atomic E-state index is 15.6. The molecular weight excluding hydrogens is 336 g/mol. The Balaban J connectivity index is 2.15. The van der Waals surface area contributed by atoms with E-state index in [2.05, 4.69) is 24.3 Å². The maximum absolute atomic E-state index is 15.6. The van der Waals surface area contributed by atoms with Crippen LogP contribution in [0.5, 0.6) is 0 Å². The summed E-state index contributed by atoms with van der Waals surface area (Å²) < 4.78 is 15.6. The molecule has 3 aromatic rings. The van der Waals surface area contributed by atoms with Gasteiger partial charge in [0.05, 0.1) is 10.6 Å². The molecule has 3 aromatic carbocycles. The van der Waals surface area contributed by atoms with E-state index < -0.39 is 7.14 Å². The smallest absolute Gasteiger partial charge is 0.169 e. The van der Waals surface area contributed by atoms with Gasteiger partial charge in [-0.2, -0.15) is 4.39 Å².